The van der Waals surface area contributed by atoms with E-state index >= 15 is 0 Å². The van der Waals surface area contributed by atoms with Gasteiger partial charge in [0, 0.05) is 24.4 Å². The van der Waals surface area contributed by atoms with Gasteiger partial charge in [-0.25, -0.2) is 4.98 Å². The lowest BCUT2D eigenvalue weighted by Gasteiger charge is -2.35. The molecule has 0 bridgehead atoms. The van der Waals surface area contributed by atoms with Gasteiger partial charge in [-0.2, -0.15) is 0 Å². The van der Waals surface area contributed by atoms with Crippen LogP contribution in [0.3, 0.4) is 0 Å². The average Bonchev–Trinajstić information content (AvgIpc) is 2.77. The van der Waals surface area contributed by atoms with Crippen molar-refractivity contribution >= 4 is 0 Å². The van der Waals surface area contributed by atoms with E-state index in [1.165, 1.54) is 18.5 Å². The molecule has 1 saturated heterocycles. The molecule has 0 saturated carbocycles. The van der Waals surface area contributed by atoms with Crippen LogP contribution in [0, 0.1) is 11.8 Å². The van der Waals surface area contributed by atoms with Crippen LogP contribution in [0.15, 0.2) is 12.5 Å². The molecular formula is C14H25N3. The smallest absolute Gasteiger partial charge is 0.0948 e. The first-order valence-electron chi connectivity index (χ1n) is 6.94. The highest BCUT2D eigenvalue weighted by Gasteiger charge is 2.30. The van der Waals surface area contributed by atoms with E-state index in [9.17, 15) is 0 Å². The molecular weight excluding hydrogens is 210 g/mol. The molecule has 1 aliphatic rings. The van der Waals surface area contributed by atoms with Gasteiger partial charge in [0.2, 0.25) is 0 Å². The molecule has 2 heterocycles. The lowest BCUT2D eigenvalue weighted by molar-refractivity contribution is 0.247. The van der Waals surface area contributed by atoms with Gasteiger partial charge in [0.05, 0.1) is 6.33 Å². The van der Waals surface area contributed by atoms with Crippen molar-refractivity contribution in [3.63, 3.8) is 0 Å². The van der Waals surface area contributed by atoms with Crippen molar-refractivity contribution in [2.24, 2.45) is 11.8 Å². The van der Waals surface area contributed by atoms with Crippen molar-refractivity contribution < 1.29 is 0 Å². The first kappa shape index (κ1) is 12.6. The topological polar surface area (TPSA) is 29.9 Å². The molecule has 0 spiro atoms. The zero-order chi connectivity index (χ0) is 12.3. The molecule has 2 unspecified atom stereocenters. The molecule has 0 aliphatic carbocycles. The Bertz CT molecular complexity index is 343. The van der Waals surface area contributed by atoms with Crippen LogP contribution in [0.4, 0.5) is 0 Å². The van der Waals surface area contributed by atoms with Crippen LogP contribution in [-0.4, -0.2) is 22.6 Å². The molecule has 2 atom stereocenters. The predicted molar refractivity (Wildman–Crippen MR) is 71.1 cm³/mol. The summed E-state index contributed by atoms with van der Waals surface area (Å²) in [5, 5.41) is 3.53. The first-order chi connectivity index (χ1) is 8.24. The molecule has 1 aromatic heterocycles. The average molecular weight is 235 g/mol. The van der Waals surface area contributed by atoms with Crippen LogP contribution >= 0.6 is 0 Å². The Morgan fingerprint density at radius 1 is 1.53 bits per heavy atom. The van der Waals surface area contributed by atoms with E-state index in [1.54, 1.807) is 0 Å². The third kappa shape index (κ3) is 2.71. The van der Waals surface area contributed by atoms with Gasteiger partial charge >= 0.3 is 0 Å². The van der Waals surface area contributed by atoms with Crippen LogP contribution in [-0.2, 0) is 6.54 Å². The first-order valence-corrected chi connectivity index (χ1v) is 6.94. The number of hydrogen-bond donors (Lipinski definition) is 1. The van der Waals surface area contributed by atoms with Gasteiger partial charge in [0.1, 0.15) is 0 Å². The maximum Gasteiger partial charge on any atom is 0.0948 e. The minimum atomic E-state index is 0.685. The van der Waals surface area contributed by atoms with E-state index in [0.717, 1.165) is 31.5 Å². The van der Waals surface area contributed by atoms with Crippen molar-refractivity contribution in [2.75, 3.05) is 13.1 Å². The fraction of sp³-hybridized carbons (Fsp3) is 0.786. The van der Waals surface area contributed by atoms with Crippen molar-refractivity contribution in [1.29, 1.82) is 0 Å². The van der Waals surface area contributed by atoms with Gasteiger partial charge in [-0.1, -0.05) is 20.8 Å². The third-order valence-electron chi connectivity index (χ3n) is 3.97. The quantitative estimate of drug-likeness (QED) is 0.869. The Labute approximate surface area is 105 Å². The van der Waals surface area contributed by atoms with E-state index in [1.807, 2.05) is 6.33 Å². The van der Waals surface area contributed by atoms with Crippen molar-refractivity contribution in [1.82, 2.24) is 14.9 Å². The van der Waals surface area contributed by atoms with Gasteiger partial charge in [-0.3, -0.25) is 0 Å². The molecule has 17 heavy (non-hydrogen) atoms. The van der Waals surface area contributed by atoms with Crippen LogP contribution in [0.25, 0.3) is 0 Å². The van der Waals surface area contributed by atoms with Crippen molar-refractivity contribution in [3.8, 4) is 0 Å². The van der Waals surface area contributed by atoms with E-state index < -0.39 is 0 Å². The third-order valence-corrected chi connectivity index (χ3v) is 3.97. The summed E-state index contributed by atoms with van der Waals surface area (Å²) < 4.78 is 2.35. The van der Waals surface area contributed by atoms with Crippen LogP contribution in [0.1, 0.15) is 45.2 Å². The molecule has 2 rings (SSSR count). The lowest BCUT2D eigenvalue weighted by atomic mass is 9.77. The van der Waals surface area contributed by atoms with Crippen molar-refractivity contribution in [2.45, 2.75) is 46.1 Å². The molecule has 1 N–H and O–H groups in total. The highest BCUT2D eigenvalue weighted by Crippen LogP contribution is 2.34. The van der Waals surface area contributed by atoms with E-state index in [4.69, 9.17) is 0 Å². The van der Waals surface area contributed by atoms with Crippen molar-refractivity contribution in [3.05, 3.63) is 18.2 Å². The molecule has 1 aromatic rings. The van der Waals surface area contributed by atoms with E-state index in [0.29, 0.717) is 5.92 Å². The Morgan fingerprint density at radius 3 is 3.06 bits per heavy atom. The Morgan fingerprint density at radius 2 is 2.35 bits per heavy atom. The Kier molecular flexibility index (Phi) is 4.21. The molecule has 0 amide bonds. The van der Waals surface area contributed by atoms with Crippen LogP contribution in [0.5, 0.6) is 0 Å². The van der Waals surface area contributed by atoms with E-state index in [-0.39, 0.29) is 0 Å². The number of hydrogen-bond acceptors (Lipinski definition) is 2. The highest BCUT2D eigenvalue weighted by atomic mass is 15.0. The standard InChI is InChI=1S/C14H25N3/c1-4-7-17-10-16-9-14(17)12-5-6-15-8-13(12)11(2)3/h9-13,15H,4-8H2,1-3H3. The SMILES string of the molecule is CCCn1cncc1C1CCNCC1C(C)C. The molecule has 1 fully saturated rings. The number of nitrogens with one attached hydrogen (secondary N) is 1. The molecule has 3 heteroatoms. The summed E-state index contributed by atoms with van der Waals surface area (Å²) in [6, 6.07) is 0. The van der Waals surface area contributed by atoms with Gasteiger partial charge in [0.15, 0.2) is 0 Å². The second-order valence-corrected chi connectivity index (χ2v) is 5.52. The number of rotatable bonds is 4. The molecule has 0 aromatic carbocycles. The number of aromatic nitrogens is 2. The summed E-state index contributed by atoms with van der Waals surface area (Å²) in [5.74, 6) is 2.17. The second kappa shape index (κ2) is 5.67. The zero-order valence-corrected chi connectivity index (χ0v) is 11.3. The fourth-order valence-electron chi connectivity index (χ4n) is 3.02. The summed E-state index contributed by atoms with van der Waals surface area (Å²) in [7, 11) is 0. The Hall–Kier alpha value is -0.830. The van der Waals surface area contributed by atoms with Gasteiger partial charge in [-0.05, 0) is 37.8 Å². The largest absolute Gasteiger partial charge is 0.334 e. The summed E-state index contributed by atoms with van der Waals surface area (Å²) in [6.07, 6.45) is 6.51. The minimum absolute atomic E-state index is 0.685. The number of aryl methyl sites for hydroxylation is 1. The number of imidazole rings is 1. The summed E-state index contributed by atoms with van der Waals surface area (Å²) in [6.45, 7) is 10.3. The van der Waals surface area contributed by atoms with Gasteiger partial charge in [-0.15, -0.1) is 0 Å². The molecule has 3 nitrogen and oxygen atoms in total. The monoisotopic (exact) mass is 235 g/mol. The lowest BCUT2D eigenvalue weighted by Crippen LogP contribution is -2.38. The normalized spacial score (nSPS) is 25.4. The maximum atomic E-state index is 4.35. The van der Waals surface area contributed by atoms with Crippen LogP contribution < -0.4 is 5.32 Å². The number of piperidine rings is 1. The Balaban J connectivity index is 2.20. The highest BCUT2D eigenvalue weighted by molar-refractivity contribution is 5.10. The predicted octanol–water partition coefficient (Wildman–Crippen LogP) is 2.64. The molecule has 0 radical (unpaired) electrons. The number of nitrogens with zero attached hydrogens (tertiary/aromatic N) is 2. The zero-order valence-electron chi connectivity index (χ0n) is 11.3. The maximum absolute atomic E-state index is 4.35. The molecule has 96 valence electrons. The van der Waals surface area contributed by atoms with Crippen LogP contribution in [0.2, 0.25) is 0 Å². The van der Waals surface area contributed by atoms with Gasteiger partial charge in [0.25, 0.3) is 0 Å². The minimum Gasteiger partial charge on any atom is -0.334 e. The summed E-state index contributed by atoms with van der Waals surface area (Å²) >= 11 is 0. The molecule has 1 aliphatic heterocycles. The fourth-order valence-corrected chi connectivity index (χ4v) is 3.02. The second-order valence-electron chi connectivity index (χ2n) is 5.52. The summed E-state index contributed by atoms with van der Waals surface area (Å²) in [5.41, 5.74) is 1.45. The van der Waals surface area contributed by atoms with Gasteiger partial charge < -0.3 is 9.88 Å². The summed E-state index contributed by atoms with van der Waals surface area (Å²) in [4.78, 5) is 4.35. The van der Waals surface area contributed by atoms with E-state index in [2.05, 4.69) is 41.8 Å².